The second kappa shape index (κ2) is 5.73. The molecule has 0 aromatic heterocycles. The van der Waals surface area contributed by atoms with Crippen LogP contribution in [0.4, 0.5) is 0 Å². The van der Waals surface area contributed by atoms with Crippen LogP contribution in [0.3, 0.4) is 0 Å². The van der Waals surface area contributed by atoms with Gasteiger partial charge in [0.25, 0.3) is 0 Å². The molecule has 3 nitrogen and oxygen atoms in total. The van der Waals surface area contributed by atoms with Gasteiger partial charge in [0.2, 0.25) is 0 Å². The van der Waals surface area contributed by atoms with Crippen LogP contribution in [0, 0.1) is 0 Å². The van der Waals surface area contributed by atoms with E-state index in [-0.39, 0.29) is 6.10 Å². The molecule has 0 aliphatic heterocycles. The first-order chi connectivity index (χ1) is 7.11. The van der Waals surface area contributed by atoms with Gasteiger partial charge in [0, 0.05) is 13.1 Å². The van der Waals surface area contributed by atoms with Crippen molar-refractivity contribution in [3.8, 4) is 5.75 Å². The molecule has 0 aliphatic carbocycles. The van der Waals surface area contributed by atoms with Crippen molar-refractivity contribution in [3.05, 3.63) is 29.8 Å². The Morgan fingerprint density at radius 3 is 2.80 bits per heavy atom. The molecule has 1 rings (SSSR count). The lowest BCUT2D eigenvalue weighted by atomic mass is 10.2. The van der Waals surface area contributed by atoms with Crippen LogP contribution in [0.5, 0.6) is 5.75 Å². The molecule has 0 aliphatic rings. The van der Waals surface area contributed by atoms with Crippen LogP contribution >= 0.6 is 0 Å². The van der Waals surface area contributed by atoms with Crippen LogP contribution in [0.15, 0.2) is 24.3 Å². The Morgan fingerprint density at radius 1 is 1.47 bits per heavy atom. The Bertz CT molecular complexity index is 299. The van der Waals surface area contributed by atoms with Gasteiger partial charge in [-0.15, -0.1) is 0 Å². The maximum atomic E-state index is 9.24. The minimum Gasteiger partial charge on any atom is -0.497 e. The van der Waals surface area contributed by atoms with Crippen molar-refractivity contribution in [1.82, 2.24) is 4.90 Å². The smallest absolute Gasteiger partial charge is 0.119 e. The van der Waals surface area contributed by atoms with Crippen LogP contribution < -0.4 is 4.74 Å². The molecule has 84 valence electrons. The van der Waals surface area contributed by atoms with E-state index >= 15 is 0 Å². The van der Waals surface area contributed by atoms with E-state index in [9.17, 15) is 5.11 Å². The van der Waals surface area contributed by atoms with E-state index in [1.165, 1.54) is 5.56 Å². The van der Waals surface area contributed by atoms with Crippen LogP contribution in [-0.4, -0.2) is 36.8 Å². The summed E-state index contributed by atoms with van der Waals surface area (Å²) in [5.41, 5.74) is 1.19. The molecule has 1 atom stereocenters. The summed E-state index contributed by atoms with van der Waals surface area (Å²) in [5, 5.41) is 9.24. The van der Waals surface area contributed by atoms with E-state index in [0.29, 0.717) is 6.54 Å². The maximum Gasteiger partial charge on any atom is 0.119 e. The molecule has 0 fully saturated rings. The van der Waals surface area contributed by atoms with Crippen molar-refractivity contribution in [3.63, 3.8) is 0 Å². The lowest BCUT2D eigenvalue weighted by molar-refractivity contribution is 0.138. The molecule has 1 aromatic rings. The number of aliphatic hydroxyl groups is 1. The van der Waals surface area contributed by atoms with E-state index in [4.69, 9.17) is 4.74 Å². The highest BCUT2D eigenvalue weighted by Gasteiger charge is 2.04. The minimum atomic E-state index is -0.291. The molecule has 0 saturated carbocycles. The Balaban J connectivity index is 2.55. The molecule has 15 heavy (non-hydrogen) atoms. The average molecular weight is 209 g/mol. The standard InChI is InChI=1S/C12H19NO2/c1-10(14)8-13(2)9-11-5-4-6-12(7-11)15-3/h4-7,10,14H,8-9H2,1-3H3. The summed E-state index contributed by atoms with van der Waals surface area (Å²) in [6.45, 7) is 3.29. The SMILES string of the molecule is COc1cccc(CN(C)CC(C)O)c1. The number of aliphatic hydroxyl groups excluding tert-OH is 1. The summed E-state index contributed by atoms with van der Waals surface area (Å²) in [7, 11) is 3.66. The lowest BCUT2D eigenvalue weighted by Gasteiger charge is -2.18. The number of ether oxygens (including phenoxy) is 1. The number of nitrogens with zero attached hydrogens (tertiary/aromatic N) is 1. The van der Waals surface area contributed by atoms with Crippen molar-refractivity contribution in [2.45, 2.75) is 19.6 Å². The first-order valence-electron chi connectivity index (χ1n) is 5.11. The number of hydrogen-bond donors (Lipinski definition) is 1. The van der Waals surface area contributed by atoms with Crippen molar-refractivity contribution in [1.29, 1.82) is 0 Å². The Hall–Kier alpha value is -1.06. The molecule has 1 N–H and O–H groups in total. The van der Waals surface area contributed by atoms with Gasteiger partial charge in [-0.1, -0.05) is 12.1 Å². The fourth-order valence-electron chi connectivity index (χ4n) is 1.60. The van der Waals surface area contributed by atoms with Gasteiger partial charge < -0.3 is 9.84 Å². The second-order valence-electron chi connectivity index (χ2n) is 3.90. The molecule has 1 unspecified atom stereocenters. The zero-order chi connectivity index (χ0) is 11.3. The van der Waals surface area contributed by atoms with Gasteiger partial charge in [0.1, 0.15) is 5.75 Å². The summed E-state index contributed by atoms with van der Waals surface area (Å²) in [6.07, 6.45) is -0.291. The van der Waals surface area contributed by atoms with Gasteiger partial charge in [0.15, 0.2) is 0 Å². The van der Waals surface area contributed by atoms with E-state index in [1.54, 1.807) is 14.0 Å². The van der Waals surface area contributed by atoms with E-state index in [0.717, 1.165) is 12.3 Å². The quantitative estimate of drug-likeness (QED) is 0.798. The minimum absolute atomic E-state index is 0.291. The summed E-state index contributed by atoms with van der Waals surface area (Å²) in [5.74, 6) is 0.873. The van der Waals surface area contributed by atoms with Crippen molar-refractivity contribution < 1.29 is 9.84 Å². The van der Waals surface area contributed by atoms with Gasteiger partial charge in [-0.05, 0) is 31.7 Å². The summed E-state index contributed by atoms with van der Waals surface area (Å²) >= 11 is 0. The predicted molar refractivity (Wildman–Crippen MR) is 61.0 cm³/mol. The summed E-state index contributed by atoms with van der Waals surface area (Å²) in [6, 6.07) is 7.97. The molecule has 0 heterocycles. The molecule has 1 aromatic carbocycles. The molecule has 0 saturated heterocycles. The zero-order valence-electron chi connectivity index (χ0n) is 9.60. The molecular formula is C12H19NO2. The first kappa shape index (κ1) is 12.0. The van der Waals surface area contributed by atoms with Gasteiger partial charge in [-0.2, -0.15) is 0 Å². The fraction of sp³-hybridized carbons (Fsp3) is 0.500. The Kier molecular flexibility index (Phi) is 4.59. The van der Waals surface area contributed by atoms with Crippen LogP contribution in [-0.2, 0) is 6.54 Å². The highest BCUT2D eigenvalue weighted by atomic mass is 16.5. The van der Waals surface area contributed by atoms with Gasteiger partial charge >= 0.3 is 0 Å². The highest BCUT2D eigenvalue weighted by Crippen LogP contribution is 2.13. The third-order valence-corrected chi connectivity index (χ3v) is 2.16. The molecule has 0 radical (unpaired) electrons. The third kappa shape index (κ3) is 4.32. The van der Waals surface area contributed by atoms with Crippen molar-refractivity contribution in [2.24, 2.45) is 0 Å². The van der Waals surface area contributed by atoms with Crippen LogP contribution in [0.25, 0.3) is 0 Å². The summed E-state index contributed by atoms with van der Waals surface area (Å²) in [4.78, 5) is 2.08. The van der Waals surface area contributed by atoms with Crippen LogP contribution in [0.2, 0.25) is 0 Å². The Morgan fingerprint density at radius 2 is 2.20 bits per heavy atom. The van der Waals surface area contributed by atoms with E-state index in [2.05, 4.69) is 11.0 Å². The third-order valence-electron chi connectivity index (χ3n) is 2.16. The van der Waals surface area contributed by atoms with Crippen LogP contribution in [0.1, 0.15) is 12.5 Å². The number of benzene rings is 1. The number of hydrogen-bond acceptors (Lipinski definition) is 3. The number of methoxy groups -OCH3 is 1. The van der Waals surface area contributed by atoms with Gasteiger partial charge in [-0.25, -0.2) is 0 Å². The predicted octanol–water partition coefficient (Wildman–Crippen LogP) is 1.51. The van der Waals surface area contributed by atoms with Gasteiger partial charge in [0.05, 0.1) is 13.2 Å². The largest absolute Gasteiger partial charge is 0.497 e. The van der Waals surface area contributed by atoms with Crippen molar-refractivity contribution in [2.75, 3.05) is 20.7 Å². The van der Waals surface area contributed by atoms with Gasteiger partial charge in [-0.3, -0.25) is 4.90 Å². The van der Waals surface area contributed by atoms with E-state index in [1.807, 2.05) is 25.2 Å². The maximum absolute atomic E-state index is 9.24. The molecular weight excluding hydrogens is 190 g/mol. The monoisotopic (exact) mass is 209 g/mol. The second-order valence-corrected chi connectivity index (χ2v) is 3.90. The molecule has 0 bridgehead atoms. The zero-order valence-corrected chi connectivity index (χ0v) is 9.60. The average Bonchev–Trinajstić information content (AvgIpc) is 2.16. The normalized spacial score (nSPS) is 12.9. The topological polar surface area (TPSA) is 32.7 Å². The fourth-order valence-corrected chi connectivity index (χ4v) is 1.60. The first-order valence-corrected chi connectivity index (χ1v) is 5.11. The molecule has 0 amide bonds. The number of rotatable bonds is 5. The van der Waals surface area contributed by atoms with E-state index < -0.39 is 0 Å². The summed E-state index contributed by atoms with van der Waals surface area (Å²) < 4.78 is 5.15. The molecule has 0 spiro atoms. The highest BCUT2D eigenvalue weighted by molar-refractivity contribution is 5.28. The Labute approximate surface area is 91.3 Å². The van der Waals surface area contributed by atoms with Crippen molar-refractivity contribution >= 4 is 0 Å². The lowest BCUT2D eigenvalue weighted by Crippen LogP contribution is -2.26. The molecule has 3 heteroatoms. The number of likely N-dealkylation sites (N-methyl/N-ethyl adjacent to an activating group) is 1.